The highest BCUT2D eigenvalue weighted by molar-refractivity contribution is 7.86. The summed E-state index contributed by atoms with van der Waals surface area (Å²) in [5.74, 6) is -0.0350. The summed E-state index contributed by atoms with van der Waals surface area (Å²) >= 11 is 0. The summed E-state index contributed by atoms with van der Waals surface area (Å²) in [5, 5.41) is 0. The normalized spacial score (nSPS) is 25.3. The highest BCUT2D eigenvalue weighted by atomic mass is 32.2. The lowest BCUT2D eigenvalue weighted by Crippen LogP contribution is -2.36. The summed E-state index contributed by atoms with van der Waals surface area (Å²) in [4.78, 5) is 13.3. The topological polar surface area (TPSA) is 72.9 Å². The van der Waals surface area contributed by atoms with Crippen LogP contribution in [0.5, 0.6) is 0 Å². The molecule has 0 aliphatic carbocycles. The van der Waals surface area contributed by atoms with Crippen molar-refractivity contribution in [2.24, 2.45) is 5.92 Å². The molecule has 0 N–H and O–H groups in total. The molecule has 18 heavy (non-hydrogen) atoms. The highest BCUT2D eigenvalue weighted by Gasteiger charge is 2.37. The summed E-state index contributed by atoms with van der Waals surface area (Å²) in [5.41, 5.74) is -0.559. The number of likely N-dealkylation sites (tertiary alicyclic amines) is 1. The molecule has 6 nitrogen and oxygen atoms in total. The van der Waals surface area contributed by atoms with E-state index >= 15 is 0 Å². The quantitative estimate of drug-likeness (QED) is 0.711. The van der Waals surface area contributed by atoms with Gasteiger partial charge in [0.05, 0.1) is 18.9 Å². The van der Waals surface area contributed by atoms with Crippen molar-refractivity contribution in [3.8, 4) is 0 Å². The van der Waals surface area contributed by atoms with E-state index in [2.05, 4.69) is 0 Å². The Morgan fingerprint density at radius 3 is 2.28 bits per heavy atom. The molecule has 0 aromatic carbocycles. The molecule has 1 amide bonds. The van der Waals surface area contributed by atoms with E-state index in [0.29, 0.717) is 6.54 Å². The van der Waals surface area contributed by atoms with Crippen LogP contribution in [-0.4, -0.2) is 50.5 Å². The highest BCUT2D eigenvalue weighted by Crippen LogP contribution is 2.22. The number of hydrogen-bond acceptors (Lipinski definition) is 5. The molecule has 1 fully saturated rings. The van der Waals surface area contributed by atoms with Crippen molar-refractivity contribution in [1.29, 1.82) is 0 Å². The zero-order valence-corrected chi connectivity index (χ0v) is 12.3. The molecule has 7 heteroatoms. The van der Waals surface area contributed by atoms with Gasteiger partial charge in [0.1, 0.15) is 5.60 Å². The molecule has 0 bridgehead atoms. The lowest BCUT2D eigenvalue weighted by Gasteiger charge is -2.24. The Bertz CT molecular complexity index is 412. The van der Waals surface area contributed by atoms with E-state index in [1.165, 1.54) is 4.90 Å². The zero-order chi connectivity index (χ0) is 14.1. The number of rotatable bonds is 2. The molecule has 0 unspecified atom stereocenters. The Morgan fingerprint density at radius 1 is 1.28 bits per heavy atom. The van der Waals surface area contributed by atoms with Crippen molar-refractivity contribution >= 4 is 16.2 Å². The smallest absolute Gasteiger partial charge is 0.410 e. The molecule has 106 valence electrons. The van der Waals surface area contributed by atoms with Gasteiger partial charge in [-0.05, 0) is 20.8 Å². The minimum Gasteiger partial charge on any atom is -0.444 e. The van der Waals surface area contributed by atoms with Gasteiger partial charge < -0.3 is 9.64 Å². The van der Waals surface area contributed by atoms with Crippen LogP contribution >= 0.6 is 0 Å². The molecule has 2 atom stereocenters. The maximum absolute atomic E-state index is 11.8. The van der Waals surface area contributed by atoms with Gasteiger partial charge in [-0.15, -0.1) is 0 Å². The molecule has 0 radical (unpaired) electrons. The van der Waals surface area contributed by atoms with Gasteiger partial charge in [0.2, 0.25) is 0 Å². The Morgan fingerprint density at radius 2 is 1.83 bits per heavy atom. The summed E-state index contributed by atoms with van der Waals surface area (Å²) in [6.07, 6.45) is 0.0806. The molecule has 0 aromatic heterocycles. The minimum absolute atomic E-state index is 0.0350. The van der Waals surface area contributed by atoms with Gasteiger partial charge in [-0.25, -0.2) is 4.79 Å². The molecule has 1 saturated heterocycles. The predicted octanol–water partition coefficient (Wildman–Crippen LogP) is 1.22. The van der Waals surface area contributed by atoms with Crippen LogP contribution in [0.4, 0.5) is 4.79 Å². The molecule has 1 aliphatic rings. The Balaban J connectivity index is 2.61. The summed E-state index contributed by atoms with van der Waals surface area (Å²) in [6, 6.07) is 0. The number of carbonyl (C=O) groups is 1. The summed E-state index contributed by atoms with van der Waals surface area (Å²) in [6.45, 7) is 7.89. The van der Waals surface area contributed by atoms with Gasteiger partial charge >= 0.3 is 6.09 Å². The fraction of sp³-hybridized carbons (Fsp3) is 0.909. The van der Waals surface area contributed by atoms with Gasteiger partial charge in [-0.1, -0.05) is 6.92 Å². The van der Waals surface area contributed by atoms with Crippen LogP contribution in [0.15, 0.2) is 0 Å². The van der Waals surface area contributed by atoms with Crippen LogP contribution in [0.2, 0.25) is 0 Å². The second-order valence-corrected chi connectivity index (χ2v) is 7.30. The molecular formula is C11H21NO5S. The van der Waals surface area contributed by atoms with E-state index in [0.717, 1.165) is 6.26 Å². The number of ether oxygens (including phenoxy) is 1. The lowest BCUT2D eigenvalue weighted by molar-refractivity contribution is 0.0275. The van der Waals surface area contributed by atoms with Crippen molar-refractivity contribution in [3.05, 3.63) is 0 Å². The standard InChI is InChI=1S/C11H21NO5S/c1-8-6-12(10(13)16-11(2,3)4)7-9(8)17-18(5,14)15/h8-9H,6-7H2,1-5H3/t8-,9+/m0/s1. The summed E-state index contributed by atoms with van der Waals surface area (Å²) < 4.78 is 32.3. The van der Waals surface area contributed by atoms with Crippen LogP contribution < -0.4 is 0 Å². The Hall–Kier alpha value is -0.820. The third-order valence-corrected chi connectivity index (χ3v) is 3.09. The average Bonchev–Trinajstić information content (AvgIpc) is 2.42. The van der Waals surface area contributed by atoms with Crippen LogP contribution in [-0.2, 0) is 19.0 Å². The van der Waals surface area contributed by atoms with E-state index in [1.54, 1.807) is 20.8 Å². The van der Waals surface area contributed by atoms with Gasteiger partial charge in [-0.3, -0.25) is 4.18 Å². The molecule has 0 aromatic rings. The second-order valence-electron chi connectivity index (χ2n) is 5.70. The first-order valence-electron chi connectivity index (χ1n) is 5.84. The molecule has 0 saturated carbocycles. The predicted molar refractivity (Wildman–Crippen MR) is 66.7 cm³/mol. The van der Waals surface area contributed by atoms with E-state index in [4.69, 9.17) is 8.92 Å². The number of hydrogen-bond donors (Lipinski definition) is 0. The fourth-order valence-corrected chi connectivity index (χ4v) is 2.46. The molecular weight excluding hydrogens is 258 g/mol. The molecule has 1 heterocycles. The van der Waals surface area contributed by atoms with E-state index in [-0.39, 0.29) is 12.5 Å². The van der Waals surface area contributed by atoms with Gasteiger partial charge in [0.25, 0.3) is 10.1 Å². The molecule has 1 rings (SSSR count). The monoisotopic (exact) mass is 279 g/mol. The number of nitrogens with zero attached hydrogens (tertiary/aromatic N) is 1. The first kappa shape index (κ1) is 15.2. The average molecular weight is 279 g/mol. The van der Waals surface area contributed by atoms with Crippen LogP contribution in [0.3, 0.4) is 0 Å². The molecule has 0 spiro atoms. The first-order chi connectivity index (χ1) is 7.98. The van der Waals surface area contributed by atoms with Crippen LogP contribution in [0, 0.1) is 5.92 Å². The van der Waals surface area contributed by atoms with E-state index in [1.807, 2.05) is 6.92 Å². The van der Waals surface area contributed by atoms with E-state index in [9.17, 15) is 13.2 Å². The largest absolute Gasteiger partial charge is 0.444 e. The SMILES string of the molecule is C[C@H]1CN(C(=O)OC(C)(C)C)C[C@H]1OS(C)(=O)=O. The minimum atomic E-state index is -3.50. The van der Waals surface area contributed by atoms with Crippen molar-refractivity contribution in [2.75, 3.05) is 19.3 Å². The van der Waals surface area contributed by atoms with Gasteiger partial charge in [0.15, 0.2) is 0 Å². The third kappa shape index (κ3) is 4.81. The van der Waals surface area contributed by atoms with Gasteiger partial charge in [0, 0.05) is 12.5 Å². The zero-order valence-electron chi connectivity index (χ0n) is 11.5. The van der Waals surface area contributed by atoms with E-state index < -0.39 is 27.9 Å². The summed E-state index contributed by atoms with van der Waals surface area (Å²) in [7, 11) is -3.50. The number of carbonyl (C=O) groups excluding carboxylic acids is 1. The lowest BCUT2D eigenvalue weighted by atomic mass is 10.1. The van der Waals surface area contributed by atoms with Crippen molar-refractivity contribution < 1.29 is 22.1 Å². The van der Waals surface area contributed by atoms with Gasteiger partial charge in [-0.2, -0.15) is 8.42 Å². The maximum atomic E-state index is 11.8. The maximum Gasteiger partial charge on any atom is 0.410 e. The van der Waals surface area contributed by atoms with Crippen molar-refractivity contribution in [2.45, 2.75) is 39.4 Å². The van der Waals surface area contributed by atoms with Crippen LogP contribution in [0.25, 0.3) is 0 Å². The third-order valence-electron chi connectivity index (χ3n) is 2.49. The Labute approximate surface area is 108 Å². The fourth-order valence-electron chi connectivity index (χ4n) is 1.76. The first-order valence-corrected chi connectivity index (χ1v) is 7.66. The Kier molecular flexibility index (Phi) is 4.27. The van der Waals surface area contributed by atoms with Crippen molar-refractivity contribution in [3.63, 3.8) is 0 Å². The second kappa shape index (κ2) is 5.05. The van der Waals surface area contributed by atoms with Crippen LogP contribution in [0.1, 0.15) is 27.7 Å². The number of amides is 1. The molecule has 1 aliphatic heterocycles. The van der Waals surface area contributed by atoms with Crippen molar-refractivity contribution in [1.82, 2.24) is 4.90 Å².